The van der Waals surface area contributed by atoms with E-state index in [1.54, 1.807) is 6.92 Å². The van der Waals surface area contributed by atoms with Crippen molar-refractivity contribution in [2.24, 2.45) is 5.92 Å². The molecule has 0 aliphatic carbocycles. The van der Waals surface area contributed by atoms with Gasteiger partial charge in [-0.2, -0.15) is 0 Å². The van der Waals surface area contributed by atoms with E-state index in [1.807, 2.05) is 0 Å². The molecule has 8 nitrogen and oxygen atoms in total. The first kappa shape index (κ1) is 23.0. The quantitative estimate of drug-likeness (QED) is 0.229. The van der Waals surface area contributed by atoms with Gasteiger partial charge in [0.1, 0.15) is 30.6 Å². The number of amides is 1. The topological polar surface area (TPSA) is 91.4 Å². The van der Waals surface area contributed by atoms with E-state index in [9.17, 15) is 14.4 Å². The summed E-state index contributed by atoms with van der Waals surface area (Å²) in [5, 5.41) is -0.195. The number of hydrogen-bond donors (Lipinski definition) is 0. The Kier molecular flexibility index (Phi) is 7.78. The fourth-order valence-corrected chi connectivity index (χ4v) is 4.23. The molecule has 1 amide bonds. The molecule has 2 rings (SSSR count). The zero-order chi connectivity index (χ0) is 21.1. The van der Waals surface area contributed by atoms with Crippen LogP contribution in [0, 0.1) is 5.92 Å². The third-order valence-corrected chi connectivity index (χ3v) is 5.29. The van der Waals surface area contributed by atoms with Crippen LogP contribution in [0.1, 0.15) is 13.8 Å². The predicted octanol–water partition coefficient (Wildman–Crippen LogP) is 3.36. The van der Waals surface area contributed by atoms with Crippen molar-refractivity contribution in [1.82, 2.24) is 4.90 Å². The van der Waals surface area contributed by atoms with Crippen molar-refractivity contribution in [3.05, 3.63) is 23.4 Å². The summed E-state index contributed by atoms with van der Waals surface area (Å²) in [6.07, 6.45) is -0.495. The monoisotopic (exact) mass is 473 g/mol. The summed E-state index contributed by atoms with van der Waals surface area (Å²) in [6.45, 7) is 6.56. The van der Waals surface area contributed by atoms with Crippen molar-refractivity contribution in [2.45, 2.75) is 29.1 Å². The molecule has 0 aromatic rings. The molecule has 0 bridgehead atoms. The molecular formula is C16H18Cl3NO7S. The largest absolute Gasteiger partial charge is 0.508 e. The Morgan fingerprint density at radius 1 is 1.36 bits per heavy atom. The molecule has 12 heteroatoms. The zero-order valence-electron chi connectivity index (χ0n) is 15.0. The van der Waals surface area contributed by atoms with Crippen LogP contribution in [0.3, 0.4) is 0 Å². The first-order chi connectivity index (χ1) is 13.1. The van der Waals surface area contributed by atoms with E-state index >= 15 is 0 Å². The average Bonchev–Trinajstić information content (AvgIpc) is 2.92. The molecule has 2 aliphatic rings. The van der Waals surface area contributed by atoms with Gasteiger partial charge in [0.2, 0.25) is 9.70 Å². The summed E-state index contributed by atoms with van der Waals surface area (Å²) in [5.41, 5.74) is 0.0333. The van der Waals surface area contributed by atoms with E-state index in [0.29, 0.717) is 6.61 Å². The van der Waals surface area contributed by atoms with Gasteiger partial charge in [-0.3, -0.25) is 9.69 Å². The number of fused-ring (bicyclic) bond motifs is 1. The second-order valence-corrected chi connectivity index (χ2v) is 9.28. The molecule has 0 aromatic heterocycles. The molecule has 1 unspecified atom stereocenters. The average molecular weight is 475 g/mol. The molecular weight excluding hydrogens is 457 g/mol. The van der Waals surface area contributed by atoms with Gasteiger partial charge < -0.3 is 18.9 Å². The van der Waals surface area contributed by atoms with E-state index in [1.165, 1.54) is 29.7 Å². The zero-order valence-corrected chi connectivity index (χ0v) is 18.1. The summed E-state index contributed by atoms with van der Waals surface area (Å²) in [5.74, 6) is -1.80. The van der Waals surface area contributed by atoms with Gasteiger partial charge in [-0.1, -0.05) is 59.2 Å². The van der Waals surface area contributed by atoms with Crippen molar-refractivity contribution < 1.29 is 33.3 Å². The summed E-state index contributed by atoms with van der Waals surface area (Å²) in [6, 6.07) is 0. The standard InChI is InChI=1S/C16H18Cl3NO7S/c1-4-6-25-13(22)10-14(24-5-2)28-12-9(11(21)20(10)12)8(3)27-15(23)26-7-16(17,18)19/h4,8-9,12H,1,5-7H2,2-3H3/t8?,9-,12+/m0/s1. The highest BCUT2D eigenvalue weighted by Crippen LogP contribution is 2.51. The summed E-state index contributed by atoms with van der Waals surface area (Å²) in [4.78, 5) is 37.9. The number of nitrogens with zero attached hydrogens (tertiary/aromatic N) is 1. The maximum atomic E-state index is 12.6. The minimum Gasteiger partial charge on any atom is -0.485 e. The Morgan fingerprint density at radius 3 is 2.61 bits per heavy atom. The lowest BCUT2D eigenvalue weighted by atomic mass is 9.92. The van der Waals surface area contributed by atoms with Gasteiger partial charge in [0, 0.05) is 0 Å². The first-order valence-corrected chi connectivity index (χ1v) is 10.2. The summed E-state index contributed by atoms with van der Waals surface area (Å²) in [7, 11) is 0. The van der Waals surface area contributed by atoms with Crippen molar-refractivity contribution in [1.29, 1.82) is 0 Å². The predicted molar refractivity (Wildman–Crippen MR) is 104 cm³/mol. The molecule has 2 aliphatic heterocycles. The van der Waals surface area contributed by atoms with Gasteiger partial charge in [-0.25, -0.2) is 9.59 Å². The lowest BCUT2D eigenvalue weighted by molar-refractivity contribution is -0.158. The third kappa shape index (κ3) is 5.20. The smallest absolute Gasteiger partial charge is 0.485 e. The number of thioether (sulfide) groups is 1. The van der Waals surface area contributed by atoms with E-state index < -0.39 is 45.8 Å². The van der Waals surface area contributed by atoms with Crippen LogP contribution in [0.2, 0.25) is 0 Å². The van der Waals surface area contributed by atoms with Crippen molar-refractivity contribution in [3.8, 4) is 0 Å². The van der Waals surface area contributed by atoms with E-state index in [4.69, 9.17) is 53.8 Å². The number of alkyl halides is 3. The Bertz CT molecular complexity index is 694. The van der Waals surface area contributed by atoms with Crippen LogP contribution in [0.4, 0.5) is 4.79 Å². The van der Waals surface area contributed by atoms with Gasteiger partial charge in [-0.15, -0.1) is 0 Å². The van der Waals surface area contributed by atoms with Crippen LogP contribution >= 0.6 is 46.6 Å². The van der Waals surface area contributed by atoms with Crippen molar-refractivity contribution in [3.63, 3.8) is 0 Å². The molecule has 0 aromatic carbocycles. The van der Waals surface area contributed by atoms with Gasteiger partial charge in [0.15, 0.2) is 10.8 Å². The Balaban J connectivity index is 2.03. The molecule has 156 valence electrons. The normalized spacial score (nSPS) is 22.2. The van der Waals surface area contributed by atoms with E-state index in [0.717, 1.165) is 0 Å². The molecule has 2 heterocycles. The van der Waals surface area contributed by atoms with Crippen LogP contribution in [0.5, 0.6) is 0 Å². The molecule has 0 radical (unpaired) electrons. The highest BCUT2D eigenvalue weighted by atomic mass is 35.6. The number of β-lactam (4-membered cyclic amide) rings is 1. The van der Waals surface area contributed by atoms with Gasteiger partial charge in [-0.05, 0) is 13.8 Å². The van der Waals surface area contributed by atoms with Crippen LogP contribution in [-0.2, 0) is 28.5 Å². The Morgan fingerprint density at radius 2 is 2.04 bits per heavy atom. The number of esters is 1. The highest BCUT2D eigenvalue weighted by molar-refractivity contribution is 8.03. The van der Waals surface area contributed by atoms with Crippen LogP contribution in [0.15, 0.2) is 23.4 Å². The van der Waals surface area contributed by atoms with Crippen molar-refractivity contribution in [2.75, 3.05) is 19.8 Å². The van der Waals surface area contributed by atoms with Crippen molar-refractivity contribution >= 4 is 64.6 Å². The van der Waals surface area contributed by atoms with Crippen LogP contribution in [0.25, 0.3) is 0 Å². The first-order valence-electron chi connectivity index (χ1n) is 8.15. The second-order valence-electron chi connectivity index (χ2n) is 5.68. The molecule has 1 saturated heterocycles. The van der Waals surface area contributed by atoms with Gasteiger partial charge in [0.05, 0.1) is 6.61 Å². The summed E-state index contributed by atoms with van der Waals surface area (Å²) < 4.78 is 18.5. The fraction of sp³-hybridized carbons (Fsp3) is 0.562. The number of rotatable bonds is 8. The van der Waals surface area contributed by atoms with Gasteiger partial charge in [0.25, 0.3) is 0 Å². The van der Waals surface area contributed by atoms with Crippen LogP contribution < -0.4 is 0 Å². The molecule has 1 fully saturated rings. The molecule has 0 N–H and O–H groups in total. The number of carbonyl (C=O) groups is 3. The molecule has 0 saturated carbocycles. The second kappa shape index (κ2) is 9.47. The number of ether oxygens (including phenoxy) is 4. The van der Waals surface area contributed by atoms with E-state index in [-0.39, 0.29) is 17.4 Å². The SMILES string of the molecule is C=CCOC(=O)C1=C(OCC)S[C@@H]2[C@@H](C(C)OC(=O)OCC(Cl)(Cl)Cl)C(=O)N12. The lowest BCUT2D eigenvalue weighted by Crippen LogP contribution is -2.61. The highest BCUT2D eigenvalue weighted by Gasteiger charge is 2.59. The number of hydrogen-bond acceptors (Lipinski definition) is 8. The maximum absolute atomic E-state index is 12.6. The third-order valence-electron chi connectivity index (χ3n) is 3.69. The van der Waals surface area contributed by atoms with Crippen LogP contribution in [-0.4, -0.2) is 58.0 Å². The number of carbonyl (C=O) groups excluding carboxylic acids is 3. The minimum absolute atomic E-state index is 0.00289. The Labute approximate surface area is 181 Å². The Hall–Kier alpha value is -1.29. The maximum Gasteiger partial charge on any atom is 0.508 e. The molecule has 0 spiro atoms. The number of halogens is 3. The minimum atomic E-state index is -1.77. The molecule has 3 atom stereocenters. The molecule has 28 heavy (non-hydrogen) atoms. The lowest BCUT2D eigenvalue weighted by Gasteiger charge is -2.43. The summed E-state index contributed by atoms with van der Waals surface area (Å²) >= 11 is 17.7. The van der Waals surface area contributed by atoms with E-state index in [2.05, 4.69) is 6.58 Å². The van der Waals surface area contributed by atoms with Gasteiger partial charge >= 0.3 is 12.1 Å². The fourth-order valence-electron chi connectivity index (χ4n) is 2.56.